The van der Waals surface area contributed by atoms with Crippen molar-refractivity contribution in [2.45, 2.75) is 39.2 Å². The van der Waals surface area contributed by atoms with E-state index in [2.05, 4.69) is 10.1 Å². The zero-order valence-electron chi connectivity index (χ0n) is 14.3. The van der Waals surface area contributed by atoms with Crippen LogP contribution < -0.4 is 0 Å². The van der Waals surface area contributed by atoms with Crippen molar-refractivity contribution in [2.75, 3.05) is 12.4 Å². The van der Waals surface area contributed by atoms with Crippen molar-refractivity contribution in [3.05, 3.63) is 36.0 Å². The highest BCUT2D eigenvalue weighted by molar-refractivity contribution is 6.19. The molecule has 0 saturated carbocycles. The smallest absolute Gasteiger partial charge is 0.249 e. The molecule has 1 aliphatic rings. The highest BCUT2D eigenvalue weighted by atomic mass is 35.5. The first-order chi connectivity index (χ1) is 11.9. The Morgan fingerprint density at radius 1 is 1.36 bits per heavy atom. The summed E-state index contributed by atoms with van der Waals surface area (Å²) in [7, 11) is 0. The third-order valence-corrected chi connectivity index (χ3v) is 5.17. The minimum Gasteiger partial charge on any atom is -0.337 e. The van der Waals surface area contributed by atoms with Crippen LogP contribution in [0.1, 0.15) is 45.0 Å². The quantitative estimate of drug-likeness (QED) is 0.762. The number of carbonyl (C=O) groups is 1. The van der Waals surface area contributed by atoms with Gasteiger partial charge < -0.3 is 9.42 Å². The fourth-order valence-electron chi connectivity index (χ4n) is 2.96. The van der Waals surface area contributed by atoms with E-state index in [0.717, 1.165) is 19.3 Å². The van der Waals surface area contributed by atoms with Crippen LogP contribution in [0.15, 0.2) is 28.8 Å². The van der Waals surface area contributed by atoms with Crippen LogP contribution in [-0.4, -0.2) is 33.4 Å². The van der Waals surface area contributed by atoms with E-state index in [9.17, 15) is 9.18 Å². The van der Waals surface area contributed by atoms with Gasteiger partial charge in [0.15, 0.2) is 0 Å². The molecule has 2 heterocycles. The van der Waals surface area contributed by atoms with Crippen molar-refractivity contribution in [3.63, 3.8) is 0 Å². The van der Waals surface area contributed by atoms with Crippen LogP contribution >= 0.6 is 11.6 Å². The normalized spacial score (nSPS) is 18.4. The number of benzene rings is 1. The molecule has 0 radical (unpaired) electrons. The van der Waals surface area contributed by atoms with Gasteiger partial charge in [-0.2, -0.15) is 4.98 Å². The molecule has 0 bridgehead atoms. The van der Waals surface area contributed by atoms with Gasteiger partial charge in [0.05, 0.1) is 5.41 Å². The Morgan fingerprint density at radius 2 is 2.08 bits per heavy atom. The van der Waals surface area contributed by atoms with Gasteiger partial charge in [-0.15, -0.1) is 11.6 Å². The molecule has 1 saturated heterocycles. The predicted molar refractivity (Wildman–Crippen MR) is 92.5 cm³/mol. The van der Waals surface area contributed by atoms with Crippen LogP contribution in [0.2, 0.25) is 0 Å². The Hall–Kier alpha value is -1.95. The Bertz CT molecular complexity index is 745. The average Bonchev–Trinajstić information content (AvgIpc) is 3.11. The SMILES string of the molecule is CC(C)(CCl)C(=O)N1CCCC[C@H]1c1nc(-c2ccc(F)cc2)no1. The van der Waals surface area contributed by atoms with Gasteiger partial charge in [-0.1, -0.05) is 5.16 Å². The van der Waals surface area contributed by atoms with Gasteiger partial charge in [0.2, 0.25) is 17.6 Å². The van der Waals surface area contributed by atoms with Crippen molar-refractivity contribution in [1.29, 1.82) is 0 Å². The number of hydrogen-bond acceptors (Lipinski definition) is 4. The molecule has 2 aromatic rings. The van der Waals surface area contributed by atoms with Crippen molar-refractivity contribution in [2.24, 2.45) is 5.41 Å². The first-order valence-electron chi connectivity index (χ1n) is 8.39. The number of carbonyl (C=O) groups excluding carboxylic acids is 1. The fraction of sp³-hybridized carbons (Fsp3) is 0.500. The summed E-state index contributed by atoms with van der Waals surface area (Å²) >= 11 is 5.97. The number of aromatic nitrogens is 2. The Morgan fingerprint density at radius 3 is 2.76 bits per heavy atom. The molecule has 0 spiro atoms. The molecule has 1 amide bonds. The molecule has 0 unspecified atom stereocenters. The van der Waals surface area contributed by atoms with Gasteiger partial charge in [0.1, 0.15) is 11.9 Å². The first-order valence-corrected chi connectivity index (χ1v) is 8.92. The summed E-state index contributed by atoms with van der Waals surface area (Å²) in [5, 5.41) is 3.99. The molecule has 1 aromatic carbocycles. The minimum absolute atomic E-state index is 0.00580. The monoisotopic (exact) mass is 365 g/mol. The number of amides is 1. The molecule has 134 valence electrons. The van der Waals surface area contributed by atoms with Crippen molar-refractivity contribution in [3.8, 4) is 11.4 Å². The Kier molecular flexibility index (Phi) is 5.08. The average molecular weight is 366 g/mol. The van der Waals surface area contributed by atoms with Gasteiger partial charge in [-0.3, -0.25) is 4.79 Å². The predicted octanol–water partition coefficient (Wildman–Crippen LogP) is 4.19. The third kappa shape index (κ3) is 3.68. The lowest BCUT2D eigenvalue weighted by atomic mass is 9.91. The van der Waals surface area contributed by atoms with Crippen molar-refractivity contribution < 1.29 is 13.7 Å². The highest BCUT2D eigenvalue weighted by Gasteiger charge is 2.38. The summed E-state index contributed by atoms with van der Waals surface area (Å²) in [5.41, 5.74) is 0.0305. The van der Waals surface area contributed by atoms with E-state index in [1.165, 1.54) is 12.1 Å². The largest absolute Gasteiger partial charge is 0.337 e. The van der Waals surface area contributed by atoms with Crippen molar-refractivity contribution in [1.82, 2.24) is 15.0 Å². The maximum absolute atomic E-state index is 13.1. The van der Waals surface area contributed by atoms with E-state index in [1.54, 1.807) is 17.0 Å². The summed E-state index contributed by atoms with van der Waals surface area (Å²) < 4.78 is 18.5. The number of halogens is 2. The van der Waals surface area contributed by atoms with E-state index in [-0.39, 0.29) is 23.6 Å². The maximum atomic E-state index is 13.1. The molecular formula is C18H21ClFN3O2. The maximum Gasteiger partial charge on any atom is 0.249 e. The second kappa shape index (κ2) is 7.12. The molecule has 0 aliphatic carbocycles. The molecule has 1 aromatic heterocycles. The first kappa shape index (κ1) is 17.9. The molecule has 0 N–H and O–H groups in total. The number of rotatable bonds is 4. The fourth-order valence-corrected chi connectivity index (χ4v) is 3.08. The zero-order valence-corrected chi connectivity index (χ0v) is 15.1. The van der Waals surface area contributed by atoms with Crippen LogP contribution in [0.5, 0.6) is 0 Å². The Balaban J connectivity index is 1.86. The van der Waals surface area contributed by atoms with E-state index < -0.39 is 5.41 Å². The second-order valence-electron chi connectivity index (χ2n) is 6.99. The molecule has 7 heteroatoms. The zero-order chi connectivity index (χ0) is 18.0. The molecule has 3 rings (SSSR count). The molecule has 5 nitrogen and oxygen atoms in total. The van der Waals surface area contributed by atoms with Crippen LogP contribution in [0.4, 0.5) is 4.39 Å². The second-order valence-corrected chi connectivity index (χ2v) is 7.26. The number of hydrogen-bond donors (Lipinski definition) is 0. The van der Waals surface area contributed by atoms with Crippen LogP contribution in [0, 0.1) is 11.2 Å². The van der Waals surface area contributed by atoms with Gasteiger partial charge in [-0.05, 0) is 57.4 Å². The summed E-state index contributed by atoms with van der Waals surface area (Å²) in [4.78, 5) is 19.1. The van der Waals surface area contributed by atoms with Gasteiger partial charge in [0, 0.05) is 18.0 Å². The summed E-state index contributed by atoms with van der Waals surface area (Å²) in [6.07, 6.45) is 2.71. The lowest BCUT2D eigenvalue weighted by molar-refractivity contribution is -0.144. The van der Waals surface area contributed by atoms with Gasteiger partial charge in [0.25, 0.3) is 0 Å². The summed E-state index contributed by atoms with van der Waals surface area (Å²) in [6.45, 7) is 4.33. The van der Waals surface area contributed by atoms with E-state index in [4.69, 9.17) is 16.1 Å². The topological polar surface area (TPSA) is 59.2 Å². The summed E-state index contributed by atoms with van der Waals surface area (Å²) in [6, 6.07) is 5.66. The number of nitrogens with zero attached hydrogens (tertiary/aromatic N) is 3. The van der Waals surface area contributed by atoms with Crippen molar-refractivity contribution >= 4 is 17.5 Å². The lowest BCUT2D eigenvalue weighted by Gasteiger charge is -2.38. The van der Waals surface area contributed by atoms with Crippen LogP contribution in [0.25, 0.3) is 11.4 Å². The Labute approximate surface area is 151 Å². The lowest BCUT2D eigenvalue weighted by Crippen LogP contribution is -2.46. The summed E-state index contributed by atoms with van der Waals surface area (Å²) in [5.74, 6) is 0.732. The molecule has 25 heavy (non-hydrogen) atoms. The van der Waals surface area contributed by atoms with E-state index in [0.29, 0.717) is 23.8 Å². The van der Waals surface area contributed by atoms with Crippen LogP contribution in [-0.2, 0) is 4.79 Å². The van der Waals surface area contributed by atoms with Gasteiger partial charge >= 0.3 is 0 Å². The number of likely N-dealkylation sites (tertiary alicyclic amines) is 1. The van der Waals surface area contributed by atoms with E-state index >= 15 is 0 Å². The molecule has 1 atom stereocenters. The van der Waals surface area contributed by atoms with Gasteiger partial charge in [-0.25, -0.2) is 4.39 Å². The number of piperidine rings is 1. The minimum atomic E-state index is -0.642. The molecular weight excluding hydrogens is 345 g/mol. The molecule has 1 fully saturated rings. The third-order valence-electron chi connectivity index (χ3n) is 4.51. The standard InChI is InChI=1S/C18H21ClFN3O2/c1-18(2,11-19)17(24)23-10-4-3-5-14(23)16-21-15(22-25-16)12-6-8-13(20)9-7-12/h6-9,14H,3-5,10-11H2,1-2H3/t14-/m0/s1. The van der Waals surface area contributed by atoms with Crippen LogP contribution in [0.3, 0.4) is 0 Å². The number of alkyl halides is 1. The molecule has 1 aliphatic heterocycles. The highest BCUT2D eigenvalue weighted by Crippen LogP contribution is 2.34. The van der Waals surface area contributed by atoms with E-state index in [1.807, 2.05) is 13.8 Å².